The molecule has 2 rings (SSSR count). The molecule has 2 aromatic heterocycles. The van der Waals surface area contributed by atoms with Crippen molar-refractivity contribution < 1.29 is 9.59 Å². The van der Waals surface area contributed by atoms with Crippen LogP contribution >= 0.6 is 23.1 Å². The van der Waals surface area contributed by atoms with Crippen LogP contribution in [0.1, 0.15) is 48.6 Å². The molecule has 3 N–H and O–H groups in total. The zero-order chi connectivity index (χ0) is 17.9. The number of nitrogens with zero attached hydrogens (tertiary/aromatic N) is 2. The number of thioether (sulfide) groups is 1. The number of rotatable bonds is 6. The van der Waals surface area contributed by atoms with Gasteiger partial charge >= 0.3 is 0 Å². The van der Waals surface area contributed by atoms with E-state index < -0.39 is 5.91 Å². The van der Waals surface area contributed by atoms with Crippen molar-refractivity contribution in [3.05, 3.63) is 34.6 Å². The number of anilines is 1. The van der Waals surface area contributed by atoms with E-state index >= 15 is 0 Å². The van der Waals surface area contributed by atoms with Crippen molar-refractivity contribution in [1.29, 1.82) is 0 Å². The Labute approximate surface area is 149 Å². The van der Waals surface area contributed by atoms with E-state index in [4.69, 9.17) is 5.73 Å². The van der Waals surface area contributed by atoms with E-state index in [0.717, 1.165) is 16.5 Å². The highest BCUT2D eigenvalue weighted by Gasteiger charge is 2.19. The van der Waals surface area contributed by atoms with Crippen molar-refractivity contribution >= 4 is 39.9 Å². The second-order valence-electron chi connectivity index (χ2n) is 5.64. The van der Waals surface area contributed by atoms with E-state index in [9.17, 15) is 9.59 Å². The number of primary amides is 1. The summed E-state index contributed by atoms with van der Waals surface area (Å²) in [6.45, 7) is 7.76. The number of nitrogens with one attached hydrogen (secondary N) is 1. The summed E-state index contributed by atoms with van der Waals surface area (Å²) >= 11 is 2.63. The largest absolute Gasteiger partial charge is 0.366 e. The fourth-order valence-electron chi connectivity index (χ4n) is 1.93. The van der Waals surface area contributed by atoms with E-state index in [1.807, 2.05) is 26.8 Å². The van der Waals surface area contributed by atoms with Gasteiger partial charge in [0.2, 0.25) is 5.91 Å². The summed E-state index contributed by atoms with van der Waals surface area (Å²) in [6, 6.07) is 3.46. The molecule has 0 aliphatic rings. The van der Waals surface area contributed by atoms with Gasteiger partial charge in [-0.2, -0.15) is 0 Å². The number of carbonyl (C=O) groups excluding carboxylic acids is 2. The Morgan fingerprint density at radius 3 is 2.62 bits per heavy atom. The van der Waals surface area contributed by atoms with E-state index in [1.54, 1.807) is 18.4 Å². The molecular weight excluding hydrogens is 344 g/mol. The van der Waals surface area contributed by atoms with Crippen LogP contribution in [0.15, 0.2) is 22.5 Å². The maximum atomic E-state index is 12.4. The van der Waals surface area contributed by atoms with Gasteiger partial charge in [0.25, 0.3) is 5.91 Å². The second kappa shape index (κ2) is 7.76. The minimum Gasteiger partial charge on any atom is -0.366 e. The smallest absolute Gasteiger partial charge is 0.251 e. The molecule has 6 nitrogen and oxygen atoms in total. The van der Waals surface area contributed by atoms with Gasteiger partial charge in [0, 0.05) is 11.6 Å². The van der Waals surface area contributed by atoms with E-state index in [1.165, 1.54) is 23.1 Å². The average Bonchev–Trinajstić information content (AvgIpc) is 2.94. The van der Waals surface area contributed by atoms with Gasteiger partial charge in [-0.3, -0.25) is 9.59 Å². The lowest BCUT2D eigenvalue weighted by Gasteiger charge is -2.13. The number of amides is 2. The maximum Gasteiger partial charge on any atom is 0.251 e. The SMILES string of the molecule is Cc1cc(S[C@@H](C)C(=O)Nc2sccc2C(N)=O)nc(C(C)C)n1. The van der Waals surface area contributed by atoms with Gasteiger partial charge in [-0.1, -0.05) is 25.6 Å². The predicted octanol–water partition coefficient (Wildman–Crippen LogP) is 3.19. The minimum atomic E-state index is -0.556. The van der Waals surface area contributed by atoms with E-state index in [-0.39, 0.29) is 17.1 Å². The lowest BCUT2D eigenvalue weighted by Crippen LogP contribution is -2.24. The molecule has 0 saturated carbocycles. The van der Waals surface area contributed by atoms with Gasteiger partial charge in [-0.05, 0) is 31.4 Å². The van der Waals surface area contributed by atoms with Crippen LogP contribution in [0.2, 0.25) is 0 Å². The van der Waals surface area contributed by atoms with Crippen LogP contribution in [0, 0.1) is 6.92 Å². The van der Waals surface area contributed by atoms with Crippen LogP contribution in [0.3, 0.4) is 0 Å². The maximum absolute atomic E-state index is 12.4. The topological polar surface area (TPSA) is 98.0 Å². The Balaban J connectivity index is 2.09. The highest BCUT2D eigenvalue weighted by Crippen LogP contribution is 2.27. The third kappa shape index (κ3) is 4.55. The predicted molar refractivity (Wildman–Crippen MR) is 97.6 cm³/mol. The van der Waals surface area contributed by atoms with Crippen molar-refractivity contribution in [2.75, 3.05) is 5.32 Å². The molecule has 2 aromatic rings. The van der Waals surface area contributed by atoms with E-state index in [0.29, 0.717) is 10.6 Å². The quantitative estimate of drug-likeness (QED) is 0.606. The van der Waals surface area contributed by atoms with Gasteiger partial charge in [0.15, 0.2) is 0 Å². The lowest BCUT2D eigenvalue weighted by molar-refractivity contribution is -0.115. The molecule has 0 aliphatic heterocycles. The van der Waals surface area contributed by atoms with Crippen molar-refractivity contribution in [2.24, 2.45) is 5.73 Å². The first-order valence-electron chi connectivity index (χ1n) is 7.48. The molecule has 0 spiro atoms. The first-order chi connectivity index (χ1) is 11.3. The Morgan fingerprint density at radius 1 is 1.29 bits per heavy atom. The Kier molecular flexibility index (Phi) is 5.95. The molecule has 0 unspecified atom stereocenters. The van der Waals surface area contributed by atoms with Crippen LogP contribution in [0.25, 0.3) is 0 Å². The standard InChI is InChI=1S/C16H20N4O2S2/c1-8(2)14-18-9(3)7-12(19-14)24-10(4)15(22)20-16-11(13(17)21)5-6-23-16/h5-8,10H,1-4H3,(H2,17,21)(H,20,22)/t10-/m0/s1. The molecular formula is C16H20N4O2S2. The summed E-state index contributed by atoms with van der Waals surface area (Å²) in [6.07, 6.45) is 0. The third-order valence-electron chi connectivity index (χ3n) is 3.20. The highest BCUT2D eigenvalue weighted by atomic mass is 32.2. The molecule has 128 valence electrons. The van der Waals surface area contributed by atoms with Crippen LogP contribution in [-0.4, -0.2) is 27.0 Å². The van der Waals surface area contributed by atoms with Crippen molar-refractivity contribution in [2.45, 2.75) is 43.9 Å². The number of aromatic nitrogens is 2. The Bertz CT molecular complexity index is 758. The highest BCUT2D eigenvalue weighted by molar-refractivity contribution is 8.00. The fraction of sp³-hybridized carbons (Fsp3) is 0.375. The number of carbonyl (C=O) groups is 2. The van der Waals surface area contributed by atoms with Crippen LogP contribution in [-0.2, 0) is 4.79 Å². The molecule has 0 bridgehead atoms. The monoisotopic (exact) mass is 364 g/mol. The van der Waals surface area contributed by atoms with Crippen LogP contribution in [0.4, 0.5) is 5.00 Å². The number of hydrogen-bond acceptors (Lipinski definition) is 6. The number of thiophene rings is 1. The molecule has 2 heterocycles. The van der Waals surface area contributed by atoms with Crippen molar-refractivity contribution in [3.63, 3.8) is 0 Å². The average molecular weight is 364 g/mol. The minimum absolute atomic E-state index is 0.202. The summed E-state index contributed by atoms with van der Waals surface area (Å²) in [5.41, 5.74) is 6.49. The molecule has 0 fully saturated rings. The van der Waals surface area contributed by atoms with Gasteiger partial charge < -0.3 is 11.1 Å². The summed E-state index contributed by atoms with van der Waals surface area (Å²) < 4.78 is 0. The first kappa shape index (κ1) is 18.4. The second-order valence-corrected chi connectivity index (χ2v) is 7.91. The van der Waals surface area contributed by atoms with Gasteiger partial charge in [0.1, 0.15) is 15.9 Å². The summed E-state index contributed by atoms with van der Waals surface area (Å²) in [7, 11) is 0. The zero-order valence-corrected chi connectivity index (χ0v) is 15.6. The zero-order valence-electron chi connectivity index (χ0n) is 14.0. The number of nitrogens with two attached hydrogens (primary N) is 1. The molecule has 0 saturated heterocycles. The van der Waals surface area contributed by atoms with Gasteiger partial charge in [0.05, 0.1) is 10.8 Å². The normalized spacial score (nSPS) is 12.2. The Hall–Kier alpha value is -1.93. The molecule has 1 atom stereocenters. The van der Waals surface area contributed by atoms with Gasteiger partial charge in [-0.25, -0.2) is 9.97 Å². The third-order valence-corrected chi connectivity index (χ3v) is 5.05. The molecule has 24 heavy (non-hydrogen) atoms. The van der Waals surface area contributed by atoms with Gasteiger partial charge in [-0.15, -0.1) is 11.3 Å². The fourth-order valence-corrected chi connectivity index (χ4v) is 3.64. The van der Waals surface area contributed by atoms with Crippen molar-refractivity contribution in [3.8, 4) is 0 Å². The van der Waals surface area contributed by atoms with Crippen molar-refractivity contribution in [1.82, 2.24) is 9.97 Å². The van der Waals surface area contributed by atoms with Crippen LogP contribution in [0.5, 0.6) is 0 Å². The summed E-state index contributed by atoms with van der Waals surface area (Å²) in [4.78, 5) is 32.6. The summed E-state index contributed by atoms with van der Waals surface area (Å²) in [5.74, 6) is 0.226. The summed E-state index contributed by atoms with van der Waals surface area (Å²) in [5, 5.41) is 5.34. The first-order valence-corrected chi connectivity index (χ1v) is 9.24. The molecule has 0 aliphatic carbocycles. The lowest BCUT2D eigenvalue weighted by atomic mass is 10.2. The van der Waals surface area contributed by atoms with E-state index in [2.05, 4.69) is 15.3 Å². The number of aryl methyl sites for hydroxylation is 1. The number of hydrogen-bond donors (Lipinski definition) is 2. The molecule has 0 radical (unpaired) electrons. The molecule has 8 heteroatoms. The van der Waals surface area contributed by atoms with Crippen LogP contribution < -0.4 is 11.1 Å². The molecule has 2 amide bonds. The molecule has 0 aromatic carbocycles. The Morgan fingerprint density at radius 2 is 2.00 bits per heavy atom.